The van der Waals surface area contributed by atoms with E-state index in [4.69, 9.17) is 14.8 Å². The summed E-state index contributed by atoms with van der Waals surface area (Å²) in [6.45, 7) is 22.4. The maximum Gasteiger partial charge on any atom is 2.00 e. The molecular formula is C49H54N4OPt. The van der Waals surface area contributed by atoms with Gasteiger partial charge in [-0.1, -0.05) is 103 Å². The number of fused-ring (bicyclic) bond motifs is 3. The van der Waals surface area contributed by atoms with E-state index in [9.17, 15) is 0 Å². The number of pyridine rings is 1. The van der Waals surface area contributed by atoms with Crippen LogP contribution in [0.25, 0.3) is 44.4 Å². The molecule has 0 aliphatic carbocycles. The number of nitrogens with zero attached hydrogens (tertiary/aromatic N) is 4. The van der Waals surface area contributed by atoms with Crippen molar-refractivity contribution >= 4 is 21.8 Å². The van der Waals surface area contributed by atoms with Crippen molar-refractivity contribution in [3.05, 3.63) is 130 Å². The van der Waals surface area contributed by atoms with Crippen LogP contribution in [0.5, 0.6) is 11.5 Å². The van der Waals surface area contributed by atoms with Crippen LogP contribution in [0.3, 0.4) is 0 Å². The van der Waals surface area contributed by atoms with Crippen LogP contribution >= 0.6 is 0 Å². The third-order valence-corrected chi connectivity index (χ3v) is 10.3. The van der Waals surface area contributed by atoms with Gasteiger partial charge < -0.3 is 9.30 Å². The molecule has 0 aliphatic rings. The van der Waals surface area contributed by atoms with Crippen molar-refractivity contribution < 1.29 is 25.8 Å². The fourth-order valence-electron chi connectivity index (χ4n) is 8.05. The molecule has 286 valence electrons. The van der Waals surface area contributed by atoms with Gasteiger partial charge in [0.15, 0.2) is 0 Å². The summed E-state index contributed by atoms with van der Waals surface area (Å²) in [6, 6.07) is 33.3. The first-order valence-corrected chi connectivity index (χ1v) is 19.7. The Labute approximate surface area is 342 Å². The van der Waals surface area contributed by atoms with E-state index >= 15 is 0 Å². The van der Waals surface area contributed by atoms with Crippen LogP contribution in [-0.4, -0.2) is 19.3 Å². The molecule has 0 spiro atoms. The first-order valence-electron chi connectivity index (χ1n) is 19.7. The molecule has 0 bridgehead atoms. The molecular weight excluding hydrogens is 856 g/mol. The normalized spacial score (nSPS) is 11.8. The molecule has 7 rings (SSSR count). The van der Waals surface area contributed by atoms with Crippen molar-refractivity contribution in [2.45, 2.75) is 107 Å². The van der Waals surface area contributed by atoms with Crippen LogP contribution in [0, 0.1) is 38.8 Å². The summed E-state index contributed by atoms with van der Waals surface area (Å²) < 4.78 is 11.2. The Hall–Kier alpha value is -4.47. The van der Waals surface area contributed by atoms with Gasteiger partial charge in [-0.25, -0.2) is 4.98 Å². The predicted molar refractivity (Wildman–Crippen MR) is 225 cm³/mol. The largest absolute Gasteiger partial charge is 2.00 e. The van der Waals surface area contributed by atoms with Crippen molar-refractivity contribution in [3.63, 3.8) is 0 Å². The molecule has 7 aromatic rings. The van der Waals surface area contributed by atoms with Gasteiger partial charge in [-0.3, -0.25) is 4.68 Å². The number of aromatic nitrogens is 4. The first-order chi connectivity index (χ1) is 25.9. The Balaban J connectivity index is 0.00000514. The molecule has 0 radical (unpaired) electrons. The minimum atomic E-state index is -0.133. The molecule has 4 aromatic carbocycles. The fourth-order valence-corrected chi connectivity index (χ4v) is 8.05. The third-order valence-electron chi connectivity index (χ3n) is 10.3. The Bertz CT molecular complexity index is 2450. The van der Waals surface area contributed by atoms with E-state index in [1.807, 2.05) is 12.3 Å². The molecule has 3 heterocycles. The number of rotatable bonds is 11. The Kier molecular flexibility index (Phi) is 11.9. The average molecular weight is 910 g/mol. The van der Waals surface area contributed by atoms with Crippen molar-refractivity contribution in [2.24, 2.45) is 5.92 Å². The van der Waals surface area contributed by atoms with Crippen LogP contribution in [0.15, 0.2) is 79.0 Å². The number of para-hydroxylation sites is 1. The van der Waals surface area contributed by atoms with Crippen LogP contribution < -0.4 is 4.74 Å². The number of ether oxygens (including phenoxy) is 1. The van der Waals surface area contributed by atoms with Crippen molar-refractivity contribution in [3.8, 4) is 34.1 Å². The summed E-state index contributed by atoms with van der Waals surface area (Å²) >= 11 is 0. The van der Waals surface area contributed by atoms with E-state index < -0.39 is 0 Å². The maximum absolute atomic E-state index is 6.78. The Morgan fingerprint density at radius 1 is 0.782 bits per heavy atom. The standard InChI is InChI=1S/C49H54N4O.Pt/c1-11-15-42-48(47-33(6)24-32(5)25-34(47)7)44(16-12-2)53(51-42)37-27-36(49(8,9)10)28-39(29-37)54-38-19-20-41-40-17-13-14-18-43(40)52(45(41)30-38)46-26-35(21-22-50-46)23-31(3)4;/h13-14,17-22,24-28,31H,11-12,15-16,23H2,1-10H3;/q-2;+2. The number of aryl methyl sites for hydroxylation is 4. The summed E-state index contributed by atoms with van der Waals surface area (Å²) in [7, 11) is 0. The summed E-state index contributed by atoms with van der Waals surface area (Å²) in [6.07, 6.45) is 6.76. The molecule has 6 heteroatoms. The minimum Gasteiger partial charge on any atom is -0.509 e. The fraction of sp³-hybridized carbons (Fsp3) is 0.347. The van der Waals surface area contributed by atoms with Crippen molar-refractivity contribution in [1.29, 1.82) is 0 Å². The van der Waals surface area contributed by atoms with Crippen molar-refractivity contribution in [1.82, 2.24) is 19.3 Å². The topological polar surface area (TPSA) is 44.9 Å². The second kappa shape index (κ2) is 16.3. The van der Waals surface area contributed by atoms with E-state index in [1.165, 1.54) is 39.1 Å². The van der Waals surface area contributed by atoms with Gasteiger partial charge in [-0.15, -0.1) is 41.3 Å². The van der Waals surface area contributed by atoms with E-state index in [1.54, 1.807) is 0 Å². The van der Waals surface area contributed by atoms with Gasteiger partial charge in [0, 0.05) is 34.5 Å². The molecule has 0 amide bonds. The summed E-state index contributed by atoms with van der Waals surface area (Å²) in [5, 5.41) is 7.66. The molecule has 0 unspecified atom stereocenters. The molecule has 0 saturated carbocycles. The molecule has 0 aliphatic heterocycles. The zero-order valence-electron chi connectivity index (χ0n) is 34.1. The van der Waals surface area contributed by atoms with E-state index in [2.05, 4.69) is 157 Å². The second-order valence-electron chi connectivity index (χ2n) is 16.5. The van der Waals surface area contributed by atoms with Crippen LogP contribution in [0.4, 0.5) is 0 Å². The quantitative estimate of drug-likeness (QED) is 0.122. The number of hydrogen-bond acceptors (Lipinski definition) is 3. The molecule has 3 aromatic heterocycles. The van der Waals surface area contributed by atoms with Crippen LogP contribution in [0.2, 0.25) is 0 Å². The van der Waals surface area contributed by atoms with Gasteiger partial charge in [-0.2, -0.15) is 11.2 Å². The van der Waals surface area contributed by atoms with Crippen molar-refractivity contribution in [2.75, 3.05) is 0 Å². The SMILES string of the molecule is CCCc1nn(-c2[c-]c(Oc3[c-]c4c(cc3)c3ccccc3n4-c3cc(CC(C)C)ccn3)cc(C(C)(C)C)c2)c(CCC)c1-c1c(C)cc(C)cc1C.[Pt+2]. The summed E-state index contributed by atoms with van der Waals surface area (Å²) in [5.41, 5.74) is 14.1. The number of benzene rings is 4. The molecule has 0 saturated heterocycles. The van der Waals surface area contributed by atoms with Gasteiger partial charge in [0.05, 0.1) is 5.69 Å². The van der Waals surface area contributed by atoms with Crippen LogP contribution in [0.1, 0.15) is 101 Å². The van der Waals surface area contributed by atoms with E-state index in [0.29, 0.717) is 17.4 Å². The third kappa shape index (κ3) is 8.10. The monoisotopic (exact) mass is 909 g/mol. The second-order valence-corrected chi connectivity index (χ2v) is 16.5. The van der Waals surface area contributed by atoms with Gasteiger partial charge in [0.1, 0.15) is 5.82 Å². The zero-order valence-corrected chi connectivity index (χ0v) is 36.4. The Morgan fingerprint density at radius 3 is 2.20 bits per heavy atom. The van der Waals surface area contributed by atoms with E-state index in [0.717, 1.165) is 76.7 Å². The van der Waals surface area contributed by atoms with Gasteiger partial charge in [-0.05, 0) is 103 Å². The minimum absolute atomic E-state index is 0. The molecule has 0 fully saturated rings. The van der Waals surface area contributed by atoms with Gasteiger partial charge in [0.25, 0.3) is 0 Å². The van der Waals surface area contributed by atoms with Gasteiger partial charge in [0.2, 0.25) is 0 Å². The predicted octanol–water partition coefficient (Wildman–Crippen LogP) is 12.7. The molecule has 5 nitrogen and oxygen atoms in total. The Morgan fingerprint density at radius 2 is 1.51 bits per heavy atom. The summed E-state index contributed by atoms with van der Waals surface area (Å²) in [5.74, 6) is 2.71. The maximum atomic E-state index is 6.78. The van der Waals surface area contributed by atoms with E-state index in [-0.39, 0.29) is 26.5 Å². The average Bonchev–Trinajstić information content (AvgIpc) is 3.62. The molecule has 0 N–H and O–H groups in total. The first kappa shape index (κ1) is 40.2. The van der Waals surface area contributed by atoms with Crippen LogP contribution in [-0.2, 0) is 45.7 Å². The molecule has 0 atom stereocenters. The van der Waals surface area contributed by atoms with Gasteiger partial charge >= 0.3 is 21.1 Å². The number of hydrogen-bond donors (Lipinski definition) is 0. The molecule has 55 heavy (non-hydrogen) atoms. The zero-order chi connectivity index (χ0) is 38.3. The smallest absolute Gasteiger partial charge is 0.509 e. The summed E-state index contributed by atoms with van der Waals surface area (Å²) in [4.78, 5) is 4.86.